The number of rotatable bonds is 10. The summed E-state index contributed by atoms with van der Waals surface area (Å²) in [5.74, 6) is -0.437. The third-order valence-electron chi connectivity index (χ3n) is 2.89. The van der Waals surface area contributed by atoms with Crippen LogP contribution in [0, 0.1) is 11.3 Å². The Morgan fingerprint density at radius 2 is 2.26 bits per heavy atom. The first kappa shape index (κ1) is 18.9. The standard InChI is InChI=1S/C16H21ClN4O2/c1-2-3-9-23-10-5-8-20-16(22)13(11-18)12-21-14-6-4-7-19-15(14)17/h4,6-7,12,21H,2-3,5,8-10H2,1H3,(H,20,22)/b13-12-. The van der Waals surface area contributed by atoms with Crippen molar-refractivity contribution in [3.63, 3.8) is 0 Å². The van der Waals surface area contributed by atoms with Crippen molar-refractivity contribution in [1.29, 1.82) is 5.26 Å². The highest BCUT2D eigenvalue weighted by molar-refractivity contribution is 6.32. The first-order valence-electron chi connectivity index (χ1n) is 7.52. The Kier molecular flexibility index (Phi) is 9.45. The van der Waals surface area contributed by atoms with E-state index in [1.165, 1.54) is 6.20 Å². The lowest BCUT2D eigenvalue weighted by atomic mass is 10.3. The van der Waals surface area contributed by atoms with Crippen LogP contribution >= 0.6 is 11.6 Å². The molecule has 1 heterocycles. The summed E-state index contributed by atoms with van der Waals surface area (Å²) in [5, 5.41) is 14.8. The monoisotopic (exact) mass is 336 g/mol. The highest BCUT2D eigenvalue weighted by Crippen LogP contribution is 2.17. The van der Waals surface area contributed by atoms with Crippen molar-refractivity contribution in [3.8, 4) is 6.07 Å². The molecular weight excluding hydrogens is 316 g/mol. The fourth-order valence-corrected chi connectivity index (χ4v) is 1.79. The summed E-state index contributed by atoms with van der Waals surface area (Å²) in [6, 6.07) is 5.25. The molecule has 7 heteroatoms. The molecule has 0 aromatic carbocycles. The normalized spacial score (nSPS) is 10.9. The van der Waals surface area contributed by atoms with Crippen LogP contribution in [0.2, 0.25) is 5.15 Å². The Hall–Kier alpha value is -2.10. The van der Waals surface area contributed by atoms with Crippen LogP contribution in [0.5, 0.6) is 0 Å². The van der Waals surface area contributed by atoms with Gasteiger partial charge in [-0.25, -0.2) is 4.98 Å². The number of aromatic nitrogens is 1. The molecule has 0 aliphatic heterocycles. The molecule has 23 heavy (non-hydrogen) atoms. The minimum absolute atomic E-state index is 0.0307. The zero-order valence-corrected chi connectivity index (χ0v) is 13.9. The zero-order chi connectivity index (χ0) is 16.9. The summed E-state index contributed by atoms with van der Waals surface area (Å²) < 4.78 is 5.40. The van der Waals surface area contributed by atoms with Gasteiger partial charge < -0.3 is 15.4 Å². The van der Waals surface area contributed by atoms with Crippen LogP contribution in [-0.4, -0.2) is 30.6 Å². The molecule has 0 fully saturated rings. The topological polar surface area (TPSA) is 87.0 Å². The van der Waals surface area contributed by atoms with E-state index >= 15 is 0 Å². The third-order valence-corrected chi connectivity index (χ3v) is 3.19. The fourth-order valence-electron chi connectivity index (χ4n) is 1.61. The first-order valence-corrected chi connectivity index (χ1v) is 7.90. The maximum Gasteiger partial charge on any atom is 0.263 e. The van der Waals surface area contributed by atoms with Crippen molar-refractivity contribution >= 4 is 23.2 Å². The van der Waals surface area contributed by atoms with Gasteiger partial charge in [0.1, 0.15) is 11.6 Å². The Morgan fingerprint density at radius 3 is 2.96 bits per heavy atom. The van der Waals surface area contributed by atoms with E-state index in [4.69, 9.17) is 21.6 Å². The largest absolute Gasteiger partial charge is 0.381 e. The molecule has 0 saturated carbocycles. The summed E-state index contributed by atoms with van der Waals surface area (Å²) >= 11 is 5.88. The number of anilines is 1. The summed E-state index contributed by atoms with van der Waals surface area (Å²) in [6.07, 6.45) is 5.71. The van der Waals surface area contributed by atoms with E-state index in [-0.39, 0.29) is 10.7 Å². The number of pyridine rings is 1. The number of hydrogen-bond acceptors (Lipinski definition) is 5. The van der Waals surface area contributed by atoms with Gasteiger partial charge in [0.25, 0.3) is 5.91 Å². The van der Waals surface area contributed by atoms with Crippen molar-refractivity contribution in [2.75, 3.05) is 25.1 Å². The quantitative estimate of drug-likeness (QED) is 0.297. The van der Waals surface area contributed by atoms with Crippen LogP contribution in [-0.2, 0) is 9.53 Å². The van der Waals surface area contributed by atoms with Gasteiger partial charge in [-0.2, -0.15) is 5.26 Å². The lowest BCUT2D eigenvalue weighted by Crippen LogP contribution is -2.26. The second kappa shape index (κ2) is 11.5. The Balaban J connectivity index is 2.36. The number of carbonyl (C=O) groups excluding carboxylic acids is 1. The predicted molar refractivity (Wildman–Crippen MR) is 89.9 cm³/mol. The number of nitrogens with zero attached hydrogens (tertiary/aromatic N) is 2. The maximum atomic E-state index is 11.9. The lowest BCUT2D eigenvalue weighted by molar-refractivity contribution is -0.117. The van der Waals surface area contributed by atoms with E-state index in [1.807, 2.05) is 6.07 Å². The minimum atomic E-state index is -0.437. The van der Waals surface area contributed by atoms with E-state index in [0.717, 1.165) is 19.4 Å². The number of amides is 1. The number of carbonyl (C=O) groups is 1. The molecule has 0 radical (unpaired) electrons. The second-order valence-corrected chi connectivity index (χ2v) is 5.09. The lowest BCUT2D eigenvalue weighted by Gasteiger charge is -2.06. The molecule has 1 aromatic rings. The molecule has 0 atom stereocenters. The molecule has 2 N–H and O–H groups in total. The van der Waals surface area contributed by atoms with E-state index in [0.29, 0.717) is 25.3 Å². The molecule has 0 aliphatic rings. The Morgan fingerprint density at radius 1 is 1.48 bits per heavy atom. The first-order chi connectivity index (χ1) is 11.2. The van der Waals surface area contributed by atoms with Gasteiger partial charge in [-0.15, -0.1) is 0 Å². The van der Waals surface area contributed by atoms with Crippen LogP contribution < -0.4 is 10.6 Å². The molecule has 0 saturated heterocycles. The van der Waals surface area contributed by atoms with Gasteiger partial charge in [0.15, 0.2) is 5.15 Å². The molecule has 124 valence electrons. The summed E-state index contributed by atoms with van der Waals surface area (Å²) in [6.45, 7) is 3.89. The molecule has 0 aliphatic carbocycles. The highest BCUT2D eigenvalue weighted by atomic mass is 35.5. The molecule has 1 amide bonds. The number of hydrogen-bond donors (Lipinski definition) is 2. The number of unbranched alkanes of at least 4 members (excludes halogenated alkanes) is 1. The van der Waals surface area contributed by atoms with Crippen LogP contribution in [0.15, 0.2) is 30.1 Å². The zero-order valence-electron chi connectivity index (χ0n) is 13.1. The number of halogens is 1. The highest BCUT2D eigenvalue weighted by Gasteiger charge is 2.08. The SMILES string of the molecule is CCCCOCCCNC(=O)/C(C#N)=C\Nc1cccnc1Cl. The smallest absolute Gasteiger partial charge is 0.263 e. The molecule has 1 aromatic heterocycles. The number of ether oxygens (including phenoxy) is 1. The predicted octanol–water partition coefficient (Wildman–Crippen LogP) is 2.88. The van der Waals surface area contributed by atoms with Gasteiger partial charge in [-0.3, -0.25) is 4.79 Å². The average Bonchev–Trinajstić information content (AvgIpc) is 2.56. The van der Waals surface area contributed by atoms with Crippen molar-refractivity contribution in [3.05, 3.63) is 35.3 Å². The van der Waals surface area contributed by atoms with Crippen LogP contribution in [0.25, 0.3) is 0 Å². The average molecular weight is 337 g/mol. The molecule has 0 spiro atoms. The number of nitriles is 1. The molecule has 1 rings (SSSR count). The second-order valence-electron chi connectivity index (χ2n) is 4.73. The van der Waals surface area contributed by atoms with E-state index < -0.39 is 5.91 Å². The Labute approximate surface area is 141 Å². The fraction of sp³-hybridized carbons (Fsp3) is 0.438. The van der Waals surface area contributed by atoms with Crippen LogP contribution in [0.3, 0.4) is 0 Å². The van der Waals surface area contributed by atoms with Crippen molar-refractivity contribution in [2.45, 2.75) is 26.2 Å². The summed E-state index contributed by atoms with van der Waals surface area (Å²) in [7, 11) is 0. The number of nitrogens with one attached hydrogen (secondary N) is 2. The van der Waals surface area contributed by atoms with Crippen molar-refractivity contribution < 1.29 is 9.53 Å². The minimum Gasteiger partial charge on any atom is -0.381 e. The van der Waals surface area contributed by atoms with Gasteiger partial charge in [0.05, 0.1) is 5.69 Å². The van der Waals surface area contributed by atoms with Gasteiger partial charge >= 0.3 is 0 Å². The van der Waals surface area contributed by atoms with Gasteiger partial charge in [-0.1, -0.05) is 24.9 Å². The van der Waals surface area contributed by atoms with Gasteiger partial charge in [-0.05, 0) is 25.0 Å². The van der Waals surface area contributed by atoms with Crippen LogP contribution in [0.4, 0.5) is 5.69 Å². The third kappa shape index (κ3) is 7.63. The van der Waals surface area contributed by atoms with Gasteiger partial charge in [0, 0.05) is 32.2 Å². The molecule has 6 nitrogen and oxygen atoms in total. The van der Waals surface area contributed by atoms with Gasteiger partial charge in [0.2, 0.25) is 0 Å². The van der Waals surface area contributed by atoms with E-state index in [9.17, 15) is 4.79 Å². The van der Waals surface area contributed by atoms with E-state index in [1.54, 1.807) is 18.3 Å². The maximum absolute atomic E-state index is 11.9. The van der Waals surface area contributed by atoms with Crippen LogP contribution in [0.1, 0.15) is 26.2 Å². The summed E-state index contributed by atoms with van der Waals surface area (Å²) in [4.78, 5) is 15.8. The van der Waals surface area contributed by atoms with Crippen molar-refractivity contribution in [2.24, 2.45) is 0 Å². The summed E-state index contributed by atoms with van der Waals surface area (Å²) in [5.41, 5.74) is 0.496. The molecule has 0 unspecified atom stereocenters. The molecular formula is C16H21ClN4O2. The van der Waals surface area contributed by atoms with Crippen molar-refractivity contribution in [1.82, 2.24) is 10.3 Å². The Bertz CT molecular complexity index is 569. The van der Waals surface area contributed by atoms with E-state index in [2.05, 4.69) is 22.5 Å². The molecule has 0 bridgehead atoms.